The Bertz CT molecular complexity index is 1200. The van der Waals surface area contributed by atoms with Gasteiger partial charge in [0.15, 0.2) is 11.5 Å². The number of carbonyl (C=O) groups is 2. The van der Waals surface area contributed by atoms with Crippen LogP contribution in [0.2, 0.25) is 0 Å². The van der Waals surface area contributed by atoms with Gasteiger partial charge in [-0.1, -0.05) is 25.3 Å². The molecule has 2 rings (SSSR count). The molecule has 0 spiro atoms. The first-order chi connectivity index (χ1) is 18.3. The van der Waals surface area contributed by atoms with Crippen molar-refractivity contribution in [1.82, 2.24) is 0 Å². The number of carbonyl (C=O) groups excluding carboxylic acids is 2. The van der Waals surface area contributed by atoms with Gasteiger partial charge in [0.25, 0.3) is 0 Å². The van der Waals surface area contributed by atoms with E-state index >= 15 is 0 Å². The van der Waals surface area contributed by atoms with E-state index in [0.29, 0.717) is 0 Å². The Morgan fingerprint density at radius 3 is 1.33 bits per heavy atom. The first-order valence-corrected chi connectivity index (χ1v) is 15.4. The van der Waals surface area contributed by atoms with Crippen molar-refractivity contribution in [2.24, 2.45) is 0 Å². The number of hydrogen-bond donors (Lipinski definition) is 0. The lowest BCUT2D eigenvalue weighted by molar-refractivity contribution is -0.0521. The number of benzene rings is 2. The van der Waals surface area contributed by atoms with Gasteiger partial charge in [-0.2, -0.15) is 0 Å². The van der Waals surface area contributed by atoms with Gasteiger partial charge in [0.05, 0.1) is 27.7 Å². The fourth-order valence-electron chi connectivity index (χ4n) is 2.72. The summed E-state index contributed by atoms with van der Waals surface area (Å²) < 4.78 is 58.7. The lowest BCUT2D eigenvalue weighted by atomic mass is 10.3. The van der Waals surface area contributed by atoms with Crippen molar-refractivity contribution >= 4 is 85.9 Å². The fourth-order valence-corrected chi connectivity index (χ4v) is 7.43. The molecule has 0 heterocycles. The Morgan fingerprint density at radius 2 is 1.05 bits per heavy atom. The highest BCUT2D eigenvalue weighted by molar-refractivity contribution is 9.11. The van der Waals surface area contributed by atoms with Crippen LogP contribution in [0.1, 0.15) is 13.8 Å². The van der Waals surface area contributed by atoms with E-state index in [1.165, 1.54) is 50.3 Å². The van der Waals surface area contributed by atoms with E-state index in [0.717, 1.165) is 0 Å². The Kier molecular flexibility index (Phi) is 12.8. The molecule has 0 fully saturated rings. The quantitative estimate of drug-likeness (QED) is 0.120. The zero-order valence-corrected chi connectivity index (χ0v) is 27.6. The molecule has 2 aromatic rings. The SMILES string of the molecule is C=CCOC(=O)OC(C)Oc1c(Br)cc(S(=O)(=O)c2cc(Br)c(OC(C)OC(=O)OCC=C)c(Br)c2)cc1Br. The van der Waals surface area contributed by atoms with Crippen LogP contribution in [-0.2, 0) is 28.8 Å². The molecule has 0 aliphatic rings. The molecule has 2 atom stereocenters. The molecular weight excluding hydrogens is 800 g/mol. The molecule has 0 radical (unpaired) electrons. The van der Waals surface area contributed by atoms with Crippen LogP contribution >= 0.6 is 63.7 Å². The molecule has 15 heteroatoms. The summed E-state index contributed by atoms with van der Waals surface area (Å²) in [5.74, 6) is 0.398. The van der Waals surface area contributed by atoms with Gasteiger partial charge in [-0.05, 0) is 88.0 Å². The van der Waals surface area contributed by atoms with Gasteiger partial charge in [-0.15, -0.1) is 0 Å². The summed E-state index contributed by atoms with van der Waals surface area (Å²) in [6, 6.07) is 5.37. The molecule has 0 amide bonds. The third-order valence-corrected chi connectivity index (χ3v) is 8.36. The summed E-state index contributed by atoms with van der Waals surface area (Å²) in [4.78, 5) is 23.1. The normalized spacial score (nSPS) is 12.5. The molecule has 0 aliphatic carbocycles. The van der Waals surface area contributed by atoms with Crippen LogP contribution in [0, 0.1) is 0 Å². The summed E-state index contributed by atoms with van der Waals surface area (Å²) in [6.45, 7) is 9.75. The lowest BCUT2D eigenvalue weighted by Crippen LogP contribution is -2.22. The molecule has 0 bridgehead atoms. The molecule has 39 heavy (non-hydrogen) atoms. The molecule has 2 unspecified atom stereocenters. The minimum atomic E-state index is -4.04. The molecular formula is C24H22Br4O10S. The molecule has 0 saturated heterocycles. The summed E-state index contributed by atoms with van der Waals surface area (Å²) in [5, 5.41) is 0. The Balaban J connectivity index is 2.25. The topological polar surface area (TPSA) is 124 Å². The average Bonchev–Trinajstić information content (AvgIpc) is 2.85. The van der Waals surface area contributed by atoms with Crippen LogP contribution < -0.4 is 9.47 Å². The van der Waals surface area contributed by atoms with Crippen molar-refractivity contribution in [1.29, 1.82) is 0 Å². The van der Waals surface area contributed by atoms with Crippen molar-refractivity contribution in [3.05, 3.63) is 67.5 Å². The third-order valence-electron chi connectivity index (χ3n) is 4.29. The van der Waals surface area contributed by atoms with E-state index < -0.39 is 34.7 Å². The van der Waals surface area contributed by atoms with Crippen LogP contribution in [0.4, 0.5) is 9.59 Å². The first-order valence-electron chi connectivity index (χ1n) is 10.7. The van der Waals surface area contributed by atoms with Crippen LogP contribution in [0.3, 0.4) is 0 Å². The van der Waals surface area contributed by atoms with Crippen LogP contribution in [0.5, 0.6) is 11.5 Å². The molecule has 2 aromatic carbocycles. The summed E-state index contributed by atoms with van der Waals surface area (Å²) >= 11 is 13.2. The third kappa shape index (κ3) is 9.52. The largest absolute Gasteiger partial charge is 0.511 e. The maximum absolute atomic E-state index is 13.4. The van der Waals surface area contributed by atoms with Gasteiger partial charge in [0.2, 0.25) is 22.4 Å². The van der Waals surface area contributed by atoms with Gasteiger partial charge >= 0.3 is 12.3 Å². The van der Waals surface area contributed by atoms with E-state index in [-0.39, 0.29) is 52.4 Å². The predicted molar refractivity (Wildman–Crippen MR) is 155 cm³/mol. The van der Waals surface area contributed by atoms with Crippen molar-refractivity contribution in [2.45, 2.75) is 36.2 Å². The molecule has 0 aromatic heterocycles. The zero-order chi connectivity index (χ0) is 29.3. The molecule has 0 N–H and O–H groups in total. The van der Waals surface area contributed by atoms with E-state index in [9.17, 15) is 18.0 Å². The summed E-state index contributed by atoms with van der Waals surface area (Å²) in [6.07, 6.45) is -1.23. The van der Waals surface area contributed by atoms with E-state index in [1.54, 1.807) is 0 Å². The van der Waals surface area contributed by atoms with Crippen molar-refractivity contribution in [3.63, 3.8) is 0 Å². The van der Waals surface area contributed by atoms with Crippen molar-refractivity contribution in [3.8, 4) is 11.5 Å². The predicted octanol–water partition coefficient (Wildman–Crippen LogP) is 7.70. The minimum absolute atomic E-state index is 0.0254. The Morgan fingerprint density at radius 1 is 0.744 bits per heavy atom. The van der Waals surface area contributed by atoms with Gasteiger partial charge in [0.1, 0.15) is 13.2 Å². The second-order valence-electron chi connectivity index (χ2n) is 7.24. The maximum atomic E-state index is 13.4. The lowest BCUT2D eigenvalue weighted by Gasteiger charge is -2.19. The van der Waals surface area contributed by atoms with Crippen LogP contribution in [0.15, 0.2) is 77.3 Å². The molecule has 0 saturated carbocycles. The van der Waals surface area contributed by atoms with Gasteiger partial charge < -0.3 is 28.4 Å². The second-order valence-corrected chi connectivity index (χ2v) is 12.6. The maximum Gasteiger partial charge on any atom is 0.511 e. The van der Waals surface area contributed by atoms with Gasteiger partial charge in [-0.3, -0.25) is 0 Å². The Labute approximate surface area is 259 Å². The van der Waals surface area contributed by atoms with Gasteiger partial charge in [0, 0.05) is 13.8 Å². The molecule has 0 aliphatic heterocycles. The fraction of sp³-hybridized carbons (Fsp3) is 0.250. The van der Waals surface area contributed by atoms with Crippen LogP contribution in [-0.4, -0.2) is 46.5 Å². The molecule has 212 valence electrons. The standard InChI is InChI=1S/C24H22Br4O10S/c1-5-7-33-23(29)37-13(3)35-21-17(25)9-15(10-18(21)26)39(31,32)16-11-19(27)22(20(28)12-16)36-14(4)38-24(30)34-8-6-2/h5-6,9-14H,1-2,7-8H2,3-4H3. The minimum Gasteiger partial charge on any atom is -0.453 e. The smallest absolute Gasteiger partial charge is 0.453 e. The van der Waals surface area contributed by atoms with Crippen molar-refractivity contribution < 1.29 is 46.4 Å². The number of hydrogen-bond acceptors (Lipinski definition) is 10. The number of ether oxygens (including phenoxy) is 6. The average molecular weight is 822 g/mol. The molecule has 10 nitrogen and oxygen atoms in total. The summed E-state index contributed by atoms with van der Waals surface area (Å²) in [7, 11) is -4.04. The van der Waals surface area contributed by atoms with Crippen molar-refractivity contribution in [2.75, 3.05) is 13.2 Å². The van der Waals surface area contributed by atoms with Gasteiger partial charge in [-0.25, -0.2) is 18.0 Å². The second kappa shape index (κ2) is 15.1. The highest BCUT2D eigenvalue weighted by Gasteiger charge is 2.25. The van der Waals surface area contributed by atoms with E-state index in [2.05, 4.69) is 76.9 Å². The van der Waals surface area contributed by atoms with E-state index in [1.807, 2.05) is 0 Å². The Hall–Kier alpha value is -2.07. The summed E-state index contributed by atoms with van der Waals surface area (Å²) in [5.41, 5.74) is 0. The van der Waals surface area contributed by atoms with Crippen LogP contribution in [0.25, 0.3) is 0 Å². The highest BCUT2D eigenvalue weighted by atomic mass is 79.9. The monoisotopic (exact) mass is 818 g/mol. The first kappa shape index (κ1) is 33.1. The highest BCUT2D eigenvalue weighted by Crippen LogP contribution is 2.41. The number of halogens is 4. The number of rotatable bonds is 12. The van der Waals surface area contributed by atoms with E-state index in [4.69, 9.17) is 28.4 Å². The zero-order valence-electron chi connectivity index (χ0n) is 20.4. The number of sulfone groups is 1.